The SMILES string of the molecule is Cc1cccc(C(=O)O[C@H](C(=O)O)[C@@H](OC(=O)c2cccc(C)c2)C(=O)Nc2ccc(N(C)C)cc2)c1. The maximum atomic E-state index is 13.2. The number of benzene rings is 3. The predicted molar refractivity (Wildman–Crippen MR) is 138 cm³/mol. The lowest BCUT2D eigenvalue weighted by atomic mass is 10.1. The van der Waals surface area contributed by atoms with Crippen molar-refractivity contribution in [3.8, 4) is 0 Å². The van der Waals surface area contributed by atoms with Crippen LogP contribution in [-0.4, -0.2) is 55.2 Å². The van der Waals surface area contributed by atoms with Crippen molar-refractivity contribution < 1.29 is 33.8 Å². The lowest BCUT2D eigenvalue weighted by molar-refractivity contribution is -0.157. The molecule has 0 aliphatic heterocycles. The first-order chi connectivity index (χ1) is 17.5. The minimum absolute atomic E-state index is 0.0923. The number of carbonyl (C=O) groups excluding carboxylic acids is 3. The standard InChI is InChI=1S/C28H28N2O7/c1-17-7-5-9-19(15-17)27(34)36-23(25(31)29-21-11-13-22(14-12-21)30(3)4)24(26(32)33)37-28(35)20-10-6-8-18(2)16-20/h5-16,23-24H,1-4H3,(H,29,31)(H,32,33)/t23-,24+/m1/s1. The zero-order valence-corrected chi connectivity index (χ0v) is 20.9. The Morgan fingerprint density at radius 2 is 1.24 bits per heavy atom. The number of carboxylic acids is 1. The highest BCUT2D eigenvalue weighted by atomic mass is 16.6. The molecule has 0 saturated heterocycles. The Bertz CT molecular complexity index is 1300. The molecule has 192 valence electrons. The van der Waals surface area contributed by atoms with Crippen molar-refractivity contribution in [3.63, 3.8) is 0 Å². The Hall–Kier alpha value is -4.66. The van der Waals surface area contributed by atoms with Gasteiger partial charge in [-0.3, -0.25) is 4.79 Å². The molecule has 0 fully saturated rings. The number of carbonyl (C=O) groups is 4. The number of amides is 1. The fourth-order valence-corrected chi connectivity index (χ4v) is 3.46. The van der Waals surface area contributed by atoms with Gasteiger partial charge in [0, 0.05) is 25.5 Å². The van der Waals surface area contributed by atoms with Crippen molar-refractivity contribution in [3.05, 3.63) is 95.1 Å². The summed E-state index contributed by atoms with van der Waals surface area (Å²) < 4.78 is 10.6. The summed E-state index contributed by atoms with van der Waals surface area (Å²) in [6, 6.07) is 19.4. The highest BCUT2D eigenvalue weighted by molar-refractivity contribution is 6.01. The van der Waals surface area contributed by atoms with E-state index in [2.05, 4.69) is 5.32 Å². The average molecular weight is 505 g/mol. The molecule has 0 saturated carbocycles. The summed E-state index contributed by atoms with van der Waals surface area (Å²) in [5, 5.41) is 12.4. The molecule has 2 N–H and O–H groups in total. The van der Waals surface area contributed by atoms with Crippen molar-refractivity contribution in [2.45, 2.75) is 26.1 Å². The first-order valence-electron chi connectivity index (χ1n) is 11.4. The third kappa shape index (κ3) is 7.17. The van der Waals surface area contributed by atoms with Gasteiger partial charge in [-0.1, -0.05) is 35.4 Å². The molecule has 0 aliphatic rings. The summed E-state index contributed by atoms with van der Waals surface area (Å²) in [5.74, 6) is -4.54. The van der Waals surface area contributed by atoms with Crippen LogP contribution in [-0.2, 0) is 19.1 Å². The molecular formula is C28H28N2O7. The first kappa shape index (κ1) is 26.9. The molecule has 0 radical (unpaired) electrons. The molecule has 2 atom stereocenters. The van der Waals surface area contributed by atoms with Gasteiger partial charge < -0.3 is 24.8 Å². The molecule has 37 heavy (non-hydrogen) atoms. The van der Waals surface area contributed by atoms with Gasteiger partial charge in [-0.15, -0.1) is 0 Å². The Balaban J connectivity index is 1.91. The van der Waals surface area contributed by atoms with Crippen molar-refractivity contribution in [2.24, 2.45) is 0 Å². The fraction of sp³-hybridized carbons (Fsp3) is 0.214. The zero-order chi connectivity index (χ0) is 27.1. The predicted octanol–water partition coefficient (Wildman–Crippen LogP) is 3.84. The smallest absolute Gasteiger partial charge is 0.349 e. The Labute approximate surface area is 214 Å². The summed E-state index contributed by atoms with van der Waals surface area (Å²) in [4.78, 5) is 52.9. The molecule has 3 rings (SSSR count). The molecule has 9 nitrogen and oxygen atoms in total. The average Bonchev–Trinajstić information content (AvgIpc) is 2.86. The third-order valence-corrected chi connectivity index (χ3v) is 5.40. The number of ether oxygens (including phenoxy) is 2. The normalized spacial score (nSPS) is 12.1. The largest absolute Gasteiger partial charge is 0.478 e. The summed E-state index contributed by atoms with van der Waals surface area (Å²) in [6.07, 6.45) is -4.09. The summed E-state index contributed by atoms with van der Waals surface area (Å²) in [5.41, 5.74) is 2.93. The van der Waals surface area contributed by atoms with Crippen LogP contribution < -0.4 is 10.2 Å². The quantitative estimate of drug-likeness (QED) is 0.422. The number of carboxylic acid groups (broad SMARTS) is 1. The summed E-state index contributed by atoms with van der Waals surface area (Å²) in [6.45, 7) is 3.52. The van der Waals surface area contributed by atoms with Gasteiger partial charge in [-0.25, -0.2) is 14.4 Å². The minimum atomic E-state index is -2.11. The lowest BCUT2D eigenvalue weighted by Gasteiger charge is -2.24. The molecule has 1 amide bonds. The molecule has 0 heterocycles. The van der Waals surface area contributed by atoms with Gasteiger partial charge in [0.2, 0.25) is 12.2 Å². The minimum Gasteiger partial charge on any atom is -0.478 e. The van der Waals surface area contributed by atoms with Crippen LogP contribution in [0.5, 0.6) is 0 Å². The van der Waals surface area contributed by atoms with Gasteiger partial charge in [-0.05, 0) is 62.4 Å². The van der Waals surface area contributed by atoms with E-state index < -0.39 is 36.0 Å². The van der Waals surface area contributed by atoms with Crippen LogP contribution >= 0.6 is 0 Å². The van der Waals surface area contributed by atoms with Gasteiger partial charge in [0.1, 0.15) is 0 Å². The molecule has 3 aromatic rings. The number of aliphatic carboxylic acids is 1. The Kier molecular flexibility index (Phi) is 8.63. The van der Waals surface area contributed by atoms with Crippen LogP contribution in [0.1, 0.15) is 31.8 Å². The highest BCUT2D eigenvalue weighted by Crippen LogP contribution is 2.19. The van der Waals surface area contributed by atoms with E-state index in [1.165, 1.54) is 24.3 Å². The maximum Gasteiger partial charge on any atom is 0.349 e. The number of nitrogens with zero attached hydrogens (tertiary/aromatic N) is 1. The van der Waals surface area contributed by atoms with Crippen molar-refractivity contribution in [1.29, 1.82) is 0 Å². The second-order valence-electron chi connectivity index (χ2n) is 8.66. The Morgan fingerprint density at radius 1 is 0.757 bits per heavy atom. The van der Waals surface area contributed by atoms with E-state index in [4.69, 9.17) is 9.47 Å². The molecule has 3 aromatic carbocycles. The zero-order valence-electron chi connectivity index (χ0n) is 20.9. The van der Waals surface area contributed by atoms with Crippen molar-refractivity contribution in [1.82, 2.24) is 0 Å². The van der Waals surface area contributed by atoms with Crippen LogP contribution in [0.2, 0.25) is 0 Å². The second kappa shape index (κ2) is 11.9. The molecule has 0 aliphatic carbocycles. The van der Waals surface area contributed by atoms with Crippen LogP contribution in [0.25, 0.3) is 0 Å². The second-order valence-corrected chi connectivity index (χ2v) is 8.66. The van der Waals surface area contributed by atoms with E-state index in [1.807, 2.05) is 19.0 Å². The van der Waals surface area contributed by atoms with Crippen molar-refractivity contribution >= 4 is 35.2 Å². The fourth-order valence-electron chi connectivity index (χ4n) is 3.46. The molecule has 0 unspecified atom stereocenters. The van der Waals surface area contributed by atoms with E-state index in [0.29, 0.717) is 5.69 Å². The number of esters is 2. The third-order valence-electron chi connectivity index (χ3n) is 5.40. The van der Waals surface area contributed by atoms with Gasteiger partial charge in [-0.2, -0.15) is 0 Å². The molecular weight excluding hydrogens is 476 g/mol. The monoisotopic (exact) mass is 504 g/mol. The number of nitrogens with one attached hydrogen (secondary N) is 1. The van der Waals surface area contributed by atoms with Crippen LogP contribution in [0.3, 0.4) is 0 Å². The highest BCUT2D eigenvalue weighted by Gasteiger charge is 2.41. The Morgan fingerprint density at radius 3 is 1.68 bits per heavy atom. The van der Waals surface area contributed by atoms with E-state index >= 15 is 0 Å². The van der Waals surface area contributed by atoms with Gasteiger partial charge in [0.15, 0.2) is 0 Å². The number of hydrogen-bond acceptors (Lipinski definition) is 7. The van der Waals surface area contributed by atoms with E-state index in [1.54, 1.807) is 62.4 Å². The van der Waals surface area contributed by atoms with Gasteiger partial charge in [0.05, 0.1) is 11.1 Å². The molecule has 0 bridgehead atoms. The maximum absolute atomic E-state index is 13.2. The molecule has 0 spiro atoms. The summed E-state index contributed by atoms with van der Waals surface area (Å²) >= 11 is 0. The van der Waals surface area contributed by atoms with Gasteiger partial charge in [0.25, 0.3) is 5.91 Å². The van der Waals surface area contributed by atoms with Crippen LogP contribution in [0.4, 0.5) is 11.4 Å². The first-order valence-corrected chi connectivity index (χ1v) is 11.4. The van der Waals surface area contributed by atoms with Crippen LogP contribution in [0.15, 0.2) is 72.8 Å². The topological polar surface area (TPSA) is 122 Å². The summed E-state index contributed by atoms with van der Waals surface area (Å²) in [7, 11) is 3.71. The number of anilines is 2. The van der Waals surface area contributed by atoms with Crippen molar-refractivity contribution in [2.75, 3.05) is 24.3 Å². The number of aryl methyl sites for hydroxylation is 2. The van der Waals surface area contributed by atoms with Gasteiger partial charge >= 0.3 is 17.9 Å². The molecule has 9 heteroatoms. The van der Waals surface area contributed by atoms with E-state index in [0.717, 1.165) is 16.8 Å². The number of rotatable bonds is 9. The van der Waals surface area contributed by atoms with Crippen LogP contribution in [0, 0.1) is 13.8 Å². The van der Waals surface area contributed by atoms with E-state index in [9.17, 15) is 24.3 Å². The molecule has 0 aromatic heterocycles. The number of hydrogen-bond donors (Lipinski definition) is 2. The van der Waals surface area contributed by atoms with E-state index in [-0.39, 0.29) is 11.1 Å². The lowest BCUT2D eigenvalue weighted by Crippen LogP contribution is -2.48.